The summed E-state index contributed by atoms with van der Waals surface area (Å²) in [6, 6.07) is 0. The molecule has 1 heterocycles. The summed E-state index contributed by atoms with van der Waals surface area (Å²) in [7, 11) is 0. The van der Waals surface area contributed by atoms with Crippen LogP contribution in [0.15, 0.2) is 6.20 Å². The quantitative estimate of drug-likeness (QED) is 0.729. The van der Waals surface area contributed by atoms with Gasteiger partial charge in [0, 0.05) is 6.20 Å². The van der Waals surface area contributed by atoms with Crippen molar-refractivity contribution in [1.29, 1.82) is 0 Å². The molecule has 3 nitrogen and oxygen atoms in total. The molecule has 13 heavy (non-hydrogen) atoms. The summed E-state index contributed by atoms with van der Waals surface area (Å²) >= 11 is 5.45. The van der Waals surface area contributed by atoms with Crippen molar-refractivity contribution >= 4 is 23.0 Å². The lowest BCUT2D eigenvalue weighted by atomic mass is 10.2. The number of pyridine rings is 1. The van der Waals surface area contributed by atoms with Gasteiger partial charge in [0.25, 0.3) is 6.43 Å². The molecule has 0 aliphatic rings. The van der Waals surface area contributed by atoms with Crippen LogP contribution >= 0.6 is 11.6 Å². The highest BCUT2D eigenvalue weighted by Crippen LogP contribution is 2.30. The van der Waals surface area contributed by atoms with Crippen molar-refractivity contribution in [2.45, 2.75) is 12.3 Å². The van der Waals surface area contributed by atoms with Gasteiger partial charge < -0.3 is 11.5 Å². The minimum Gasteiger partial charge on any atom is -0.397 e. The minimum atomic E-state index is -2.67. The molecule has 0 aromatic carbocycles. The second kappa shape index (κ2) is 3.74. The second-order valence-corrected chi connectivity index (χ2v) is 2.69. The van der Waals surface area contributed by atoms with Crippen LogP contribution in [0.3, 0.4) is 0 Å². The molecular formula is C7H8ClF2N3. The summed E-state index contributed by atoms with van der Waals surface area (Å²) in [5.41, 5.74) is 10.6. The van der Waals surface area contributed by atoms with E-state index in [1.807, 2.05) is 0 Å². The largest absolute Gasteiger partial charge is 0.397 e. The molecule has 1 rings (SSSR count). The lowest BCUT2D eigenvalue weighted by Gasteiger charge is -2.09. The Bertz CT molecular complexity index is 317. The fourth-order valence-electron chi connectivity index (χ4n) is 0.878. The van der Waals surface area contributed by atoms with Crippen LogP contribution in [0.5, 0.6) is 0 Å². The molecule has 0 saturated carbocycles. The van der Waals surface area contributed by atoms with E-state index in [9.17, 15) is 8.78 Å². The van der Waals surface area contributed by atoms with Gasteiger partial charge in [-0.05, 0) is 0 Å². The monoisotopic (exact) mass is 207 g/mol. The molecule has 1 aromatic rings. The number of hydrogen-bond donors (Lipinski definition) is 2. The molecule has 0 aliphatic carbocycles. The van der Waals surface area contributed by atoms with Gasteiger partial charge in [-0.3, -0.25) is 4.98 Å². The zero-order valence-electron chi connectivity index (χ0n) is 6.60. The number of hydrogen-bond acceptors (Lipinski definition) is 3. The van der Waals surface area contributed by atoms with Gasteiger partial charge in [0.1, 0.15) is 0 Å². The maximum Gasteiger partial charge on any atom is 0.267 e. The van der Waals surface area contributed by atoms with Crippen molar-refractivity contribution in [2.75, 3.05) is 11.5 Å². The number of nitrogen functional groups attached to an aromatic ring is 2. The zero-order valence-corrected chi connectivity index (χ0v) is 7.35. The van der Waals surface area contributed by atoms with E-state index in [-0.39, 0.29) is 22.8 Å². The Morgan fingerprint density at radius 1 is 1.38 bits per heavy atom. The molecule has 0 unspecified atom stereocenters. The molecule has 1 aromatic heterocycles. The minimum absolute atomic E-state index is 0.0350. The summed E-state index contributed by atoms with van der Waals surface area (Å²) in [5.74, 6) is 0.0551. The predicted octanol–water partition coefficient (Wildman–Crippen LogP) is 1.92. The van der Waals surface area contributed by atoms with Crippen molar-refractivity contribution in [3.05, 3.63) is 17.5 Å². The fraction of sp³-hybridized carbons (Fsp3) is 0.286. The molecule has 0 fully saturated rings. The lowest BCUT2D eigenvalue weighted by molar-refractivity contribution is 0.152. The first-order chi connectivity index (χ1) is 6.07. The normalized spacial score (nSPS) is 10.8. The number of alkyl halides is 3. The number of halogens is 3. The van der Waals surface area contributed by atoms with Gasteiger partial charge in [-0.15, -0.1) is 11.6 Å². The highest BCUT2D eigenvalue weighted by molar-refractivity contribution is 6.17. The van der Waals surface area contributed by atoms with Gasteiger partial charge >= 0.3 is 0 Å². The molecule has 0 radical (unpaired) electrons. The molecule has 0 spiro atoms. The number of nitrogens with two attached hydrogens (primary N) is 2. The Kier molecular flexibility index (Phi) is 2.87. The van der Waals surface area contributed by atoms with E-state index >= 15 is 0 Å². The Morgan fingerprint density at radius 3 is 2.46 bits per heavy atom. The van der Waals surface area contributed by atoms with E-state index in [2.05, 4.69) is 4.98 Å². The Hall–Kier alpha value is -1.10. The van der Waals surface area contributed by atoms with E-state index in [1.54, 1.807) is 0 Å². The molecule has 0 aliphatic heterocycles. The molecule has 0 atom stereocenters. The summed E-state index contributed by atoms with van der Waals surface area (Å²) in [6.07, 6.45) is -1.67. The third-order valence-corrected chi connectivity index (χ3v) is 1.89. The summed E-state index contributed by atoms with van der Waals surface area (Å²) in [4.78, 5) is 3.66. The summed E-state index contributed by atoms with van der Waals surface area (Å²) in [6.45, 7) is 0. The smallest absolute Gasteiger partial charge is 0.267 e. The average Bonchev–Trinajstić information content (AvgIpc) is 2.09. The van der Waals surface area contributed by atoms with Gasteiger partial charge in [-0.1, -0.05) is 0 Å². The van der Waals surface area contributed by atoms with E-state index in [0.717, 1.165) is 6.20 Å². The first-order valence-electron chi connectivity index (χ1n) is 3.44. The Labute approximate surface area is 78.7 Å². The molecule has 0 saturated heterocycles. The first kappa shape index (κ1) is 9.98. The fourth-order valence-corrected chi connectivity index (χ4v) is 1.09. The summed E-state index contributed by atoms with van der Waals surface area (Å²) in [5, 5.41) is 0. The third kappa shape index (κ3) is 1.80. The third-order valence-electron chi connectivity index (χ3n) is 1.63. The van der Waals surface area contributed by atoms with Crippen LogP contribution in [0.25, 0.3) is 0 Å². The Morgan fingerprint density at radius 2 is 2.00 bits per heavy atom. The van der Waals surface area contributed by atoms with Crippen molar-refractivity contribution in [3.63, 3.8) is 0 Å². The predicted molar refractivity (Wildman–Crippen MR) is 47.6 cm³/mol. The molecule has 0 bridgehead atoms. The molecule has 6 heteroatoms. The molecule has 4 N–H and O–H groups in total. The second-order valence-electron chi connectivity index (χ2n) is 2.42. The van der Waals surface area contributed by atoms with E-state index in [0.29, 0.717) is 5.69 Å². The van der Waals surface area contributed by atoms with Gasteiger partial charge in [0.05, 0.1) is 28.5 Å². The zero-order chi connectivity index (χ0) is 10.0. The van der Waals surface area contributed by atoms with Crippen LogP contribution in [0, 0.1) is 0 Å². The maximum absolute atomic E-state index is 12.2. The van der Waals surface area contributed by atoms with Gasteiger partial charge in [0.15, 0.2) is 0 Å². The van der Waals surface area contributed by atoms with Crippen molar-refractivity contribution in [3.8, 4) is 0 Å². The van der Waals surface area contributed by atoms with Gasteiger partial charge in [0.2, 0.25) is 0 Å². The molecule has 0 amide bonds. The molecular weight excluding hydrogens is 200 g/mol. The van der Waals surface area contributed by atoms with Crippen molar-refractivity contribution in [1.82, 2.24) is 4.98 Å². The maximum atomic E-state index is 12.2. The Balaban J connectivity index is 3.23. The highest BCUT2D eigenvalue weighted by Gasteiger charge is 2.15. The average molecular weight is 208 g/mol. The van der Waals surface area contributed by atoms with Crippen LogP contribution < -0.4 is 11.5 Å². The first-order valence-corrected chi connectivity index (χ1v) is 3.98. The van der Waals surface area contributed by atoms with Crippen LogP contribution in [0.1, 0.15) is 17.7 Å². The molecule has 72 valence electrons. The van der Waals surface area contributed by atoms with E-state index in [1.165, 1.54) is 0 Å². The van der Waals surface area contributed by atoms with Gasteiger partial charge in [-0.25, -0.2) is 8.78 Å². The summed E-state index contributed by atoms with van der Waals surface area (Å²) < 4.78 is 24.5. The van der Waals surface area contributed by atoms with E-state index < -0.39 is 6.43 Å². The van der Waals surface area contributed by atoms with Crippen LogP contribution in [0.2, 0.25) is 0 Å². The standard InChI is InChI=1S/C7H8ClF2N3/c8-1-4-6(12)5(11)3(2-13-4)7(9)10/h2,7H,1,12H2,(H2,11,13). The SMILES string of the molecule is Nc1c(C(F)F)cnc(CCl)c1N. The number of rotatable bonds is 2. The van der Waals surface area contributed by atoms with Crippen LogP contribution in [-0.2, 0) is 5.88 Å². The van der Waals surface area contributed by atoms with Crippen LogP contribution in [-0.4, -0.2) is 4.98 Å². The topological polar surface area (TPSA) is 64.9 Å². The lowest BCUT2D eigenvalue weighted by Crippen LogP contribution is -2.05. The van der Waals surface area contributed by atoms with E-state index in [4.69, 9.17) is 23.1 Å². The highest BCUT2D eigenvalue weighted by atomic mass is 35.5. The number of nitrogens with zero attached hydrogens (tertiary/aromatic N) is 1. The van der Waals surface area contributed by atoms with Crippen LogP contribution in [0.4, 0.5) is 20.2 Å². The number of anilines is 2. The van der Waals surface area contributed by atoms with Crippen molar-refractivity contribution in [2.24, 2.45) is 0 Å². The van der Waals surface area contributed by atoms with Gasteiger partial charge in [-0.2, -0.15) is 0 Å². The van der Waals surface area contributed by atoms with Crippen molar-refractivity contribution < 1.29 is 8.78 Å². The number of aromatic nitrogens is 1.